The van der Waals surface area contributed by atoms with Crippen molar-refractivity contribution in [1.82, 2.24) is 10.6 Å². The van der Waals surface area contributed by atoms with Crippen LogP contribution in [0, 0.1) is 11.2 Å². The van der Waals surface area contributed by atoms with E-state index >= 15 is 0 Å². The molecule has 0 aliphatic carbocycles. The van der Waals surface area contributed by atoms with Crippen LogP contribution in [0.3, 0.4) is 0 Å². The van der Waals surface area contributed by atoms with Gasteiger partial charge in [0.1, 0.15) is 11.9 Å². The Morgan fingerprint density at radius 1 is 1.35 bits per heavy atom. The van der Waals surface area contributed by atoms with Crippen molar-refractivity contribution in [3.05, 3.63) is 35.6 Å². The molecule has 1 amide bonds. The minimum absolute atomic E-state index is 0.120. The van der Waals surface area contributed by atoms with Gasteiger partial charge in [-0.15, -0.1) is 0 Å². The Labute approximate surface area is 136 Å². The lowest BCUT2D eigenvalue weighted by atomic mass is 9.96. The Balaban J connectivity index is 1.80. The van der Waals surface area contributed by atoms with E-state index in [-0.39, 0.29) is 29.7 Å². The Morgan fingerprint density at radius 2 is 2.00 bits per heavy atom. The van der Waals surface area contributed by atoms with E-state index in [1.165, 1.54) is 24.3 Å². The van der Waals surface area contributed by atoms with Gasteiger partial charge in [-0.1, -0.05) is 20.8 Å². The molecular weight excluding hydrogens is 299 g/mol. The van der Waals surface area contributed by atoms with Crippen LogP contribution in [0.4, 0.5) is 4.39 Å². The summed E-state index contributed by atoms with van der Waals surface area (Å²) in [4.78, 5) is 12.0. The van der Waals surface area contributed by atoms with Crippen LogP contribution >= 0.6 is 0 Å². The third-order valence-corrected chi connectivity index (χ3v) is 3.75. The molecule has 23 heavy (non-hydrogen) atoms. The molecular formula is C17H25FN2O3. The molecule has 0 bridgehead atoms. The highest BCUT2D eigenvalue weighted by Crippen LogP contribution is 2.17. The summed E-state index contributed by atoms with van der Waals surface area (Å²) in [7, 11) is 0. The second-order valence-electron chi connectivity index (χ2n) is 7.13. The van der Waals surface area contributed by atoms with Gasteiger partial charge in [0, 0.05) is 18.7 Å². The predicted molar refractivity (Wildman–Crippen MR) is 85.7 cm³/mol. The third-order valence-electron chi connectivity index (χ3n) is 3.75. The maximum absolute atomic E-state index is 12.8. The standard InChI is InChI=1S/C17H25FN2O3/c1-17(2,3)10-20-13-9-23-14(15(13)21)8-19-16(22)11-4-6-12(18)7-5-11/h4-7,13-15,20-21H,8-10H2,1-3H3,(H,19,22). The monoisotopic (exact) mass is 324 g/mol. The molecule has 1 aliphatic heterocycles. The summed E-state index contributed by atoms with van der Waals surface area (Å²) in [6, 6.07) is 5.18. The van der Waals surface area contributed by atoms with Crippen molar-refractivity contribution in [2.24, 2.45) is 5.41 Å². The summed E-state index contributed by atoms with van der Waals surface area (Å²) in [5, 5.41) is 16.3. The number of ether oxygens (including phenoxy) is 1. The van der Waals surface area contributed by atoms with Crippen LogP contribution in [0.5, 0.6) is 0 Å². The molecule has 1 heterocycles. The zero-order valence-electron chi connectivity index (χ0n) is 13.8. The number of aliphatic hydroxyl groups excluding tert-OH is 1. The molecule has 2 rings (SSSR count). The molecule has 1 fully saturated rings. The maximum atomic E-state index is 12.8. The number of hydrogen-bond acceptors (Lipinski definition) is 4. The number of carbonyl (C=O) groups is 1. The number of hydrogen-bond donors (Lipinski definition) is 3. The van der Waals surface area contributed by atoms with Gasteiger partial charge in [0.15, 0.2) is 0 Å². The highest BCUT2D eigenvalue weighted by molar-refractivity contribution is 5.94. The summed E-state index contributed by atoms with van der Waals surface area (Å²) in [5.74, 6) is -0.698. The average molecular weight is 324 g/mol. The predicted octanol–water partition coefficient (Wildman–Crippen LogP) is 1.32. The number of aliphatic hydroxyl groups is 1. The number of rotatable bonds is 5. The van der Waals surface area contributed by atoms with E-state index in [1.807, 2.05) is 0 Å². The molecule has 0 saturated carbocycles. The summed E-state index contributed by atoms with van der Waals surface area (Å²) in [6.07, 6.45) is -1.12. The summed E-state index contributed by atoms with van der Waals surface area (Å²) >= 11 is 0. The Bertz CT molecular complexity index is 528. The van der Waals surface area contributed by atoms with Crippen LogP contribution in [-0.2, 0) is 4.74 Å². The highest BCUT2D eigenvalue weighted by atomic mass is 19.1. The van der Waals surface area contributed by atoms with Crippen LogP contribution < -0.4 is 10.6 Å². The fourth-order valence-corrected chi connectivity index (χ4v) is 2.38. The van der Waals surface area contributed by atoms with Crippen molar-refractivity contribution < 1.29 is 19.0 Å². The minimum atomic E-state index is -0.675. The fraction of sp³-hybridized carbons (Fsp3) is 0.588. The van der Waals surface area contributed by atoms with Gasteiger partial charge in [0.05, 0.1) is 18.8 Å². The van der Waals surface area contributed by atoms with Gasteiger partial charge in [-0.3, -0.25) is 4.79 Å². The van der Waals surface area contributed by atoms with E-state index in [4.69, 9.17) is 4.74 Å². The number of benzene rings is 1. The molecule has 6 heteroatoms. The van der Waals surface area contributed by atoms with Gasteiger partial charge in [-0.25, -0.2) is 4.39 Å². The lowest BCUT2D eigenvalue weighted by Crippen LogP contribution is -2.46. The van der Waals surface area contributed by atoms with Crippen LogP contribution in [0.1, 0.15) is 31.1 Å². The van der Waals surface area contributed by atoms with Gasteiger partial charge in [-0.2, -0.15) is 0 Å². The van der Waals surface area contributed by atoms with Gasteiger partial charge in [-0.05, 0) is 29.7 Å². The van der Waals surface area contributed by atoms with Crippen molar-refractivity contribution in [3.8, 4) is 0 Å². The number of nitrogens with one attached hydrogen (secondary N) is 2. The van der Waals surface area contributed by atoms with Crippen molar-refractivity contribution in [3.63, 3.8) is 0 Å². The highest BCUT2D eigenvalue weighted by Gasteiger charge is 2.36. The number of carbonyl (C=O) groups excluding carboxylic acids is 1. The van der Waals surface area contributed by atoms with Crippen molar-refractivity contribution in [2.45, 2.75) is 39.0 Å². The molecule has 1 saturated heterocycles. The van der Waals surface area contributed by atoms with E-state index in [1.54, 1.807) is 0 Å². The second-order valence-corrected chi connectivity index (χ2v) is 7.13. The van der Waals surface area contributed by atoms with Gasteiger partial charge < -0.3 is 20.5 Å². The zero-order chi connectivity index (χ0) is 17.0. The minimum Gasteiger partial charge on any atom is -0.389 e. The molecule has 3 N–H and O–H groups in total. The van der Waals surface area contributed by atoms with Crippen molar-refractivity contribution in [2.75, 3.05) is 19.7 Å². The molecule has 3 unspecified atom stereocenters. The van der Waals surface area contributed by atoms with E-state index in [2.05, 4.69) is 31.4 Å². The first-order valence-corrected chi connectivity index (χ1v) is 7.83. The molecule has 5 nitrogen and oxygen atoms in total. The van der Waals surface area contributed by atoms with E-state index in [9.17, 15) is 14.3 Å². The number of halogens is 1. The molecule has 0 aromatic heterocycles. The van der Waals surface area contributed by atoms with Crippen LogP contribution in [0.2, 0.25) is 0 Å². The van der Waals surface area contributed by atoms with Crippen LogP contribution in [-0.4, -0.2) is 49.0 Å². The van der Waals surface area contributed by atoms with Gasteiger partial charge in [0.25, 0.3) is 5.91 Å². The maximum Gasteiger partial charge on any atom is 0.251 e. The van der Waals surface area contributed by atoms with Crippen molar-refractivity contribution >= 4 is 5.91 Å². The summed E-state index contributed by atoms with van der Waals surface area (Å²) < 4.78 is 18.4. The molecule has 1 aromatic carbocycles. The normalized spacial score (nSPS) is 24.7. The number of amides is 1. The fourth-order valence-electron chi connectivity index (χ4n) is 2.38. The SMILES string of the molecule is CC(C)(C)CNC1COC(CNC(=O)c2ccc(F)cc2)C1O. The first kappa shape index (κ1) is 17.8. The Morgan fingerprint density at radius 3 is 2.61 bits per heavy atom. The Kier molecular flexibility index (Phi) is 5.73. The first-order chi connectivity index (χ1) is 10.8. The largest absolute Gasteiger partial charge is 0.389 e. The van der Waals surface area contributed by atoms with E-state index in [0.717, 1.165) is 6.54 Å². The molecule has 0 radical (unpaired) electrons. The quantitative estimate of drug-likeness (QED) is 0.764. The molecule has 3 atom stereocenters. The zero-order valence-corrected chi connectivity index (χ0v) is 13.8. The van der Waals surface area contributed by atoms with Gasteiger partial charge >= 0.3 is 0 Å². The first-order valence-electron chi connectivity index (χ1n) is 7.83. The molecule has 0 spiro atoms. The van der Waals surface area contributed by atoms with E-state index in [0.29, 0.717) is 12.2 Å². The molecule has 1 aromatic rings. The van der Waals surface area contributed by atoms with Crippen molar-refractivity contribution in [1.29, 1.82) is 0 Å². The third kappa shape index (κ3) is 5.27. The smallest absolute Gasteiger partial charge is 0.251 e. The second kappa shape index (κ2) is 7.38. The lowest BCUT2D eigenvalue weighted by Gasteiger charge is -2.24. The Hall–Kier alpha value is -1.50. The van der Waals surface area contributed by atoms with E-state index < -0.39 is 12.2 Å². The van der Waals surface area contributed by atoms with Gasteiger partial charge in [0.2, 0.25) is 0 Å². The summed E-state index contributed by atoms with van der Waals surface area (Å²) in [6.45, 7) is 7.74. The average Bonchev–Trinajstić information content (AvgIpc) is 2.83. The van der Waals surface area contributed by atoms with Crippen LogP contribution in [0.25, 0.3) is 0 Å². The van der Waals surface area contributed by atoms with Crippen LogP contribution in [0.15, 0.2) is 24.3 Å². The lowest BCUT2D eigenvalue weighted by molar-refractivity contribution is 0.0397. The summed E-state index contributed by atoms with van der Waals surface area (Å²) in [5.41, 5.74) is 0.496. The molecule has 1 aliphatic rings. The topological polar surface area (TPSA) is 70.6 Å². The molecule has 128 valence electrons.